The van der Waals surface area contributed by atoms with E-state index >= 15 is 0 Å². The molecule has 7 heteroatoms. The molecule has 0 aliphatic carbocycles. The van der Waals surface area contributed by atoms with E-state index in [1.165, 1.54) is 0 Å². The molecule has 3 N–H and O–H groups in total. The summed E-state index contributed by atoms with van der Waals surface area (Å²) < 4.78 is 0. The maximum atomic E-state index is 11.1. The quantitative estimate of drug-likeness (QED) is 0.0976. The van der Waals surface area contributed by atoms with Gasteiger partial charge in [0, 0.05) is 23.7 Å². The number of nitrogens with zero attached hydrogens (tertiary/aromatic N) is 2. The van der Waals surface area contributed by atoms with Crippen molar-refractivity contribution in [1.82, 2.24) is 5.32 Å². The van der Waals surface area contributed by atoms with E-state index in [-0.39, 0.29) is 11.5 Å². The van der Waals surface area contributed by atoms with Crippen molar-refractivity contribution >= 4 is 40.6 Å². The molecule has 0 atom stereocenters. The average Bonchev–Trinajstić information content (AvgIpc) is 2.87. The lowest BCUT2D eigenvalue weighted by molar-refractivity contribution is 0.112. The second kappa shape index (κ2) is 12.5. The number of fused-ring (bicyclic) bond motifs is 1. The van der Waals surface area contributed by atoms with Crippen molar-refractivity contribution in [1.29, 1.82) is 0 Å². The van der Waals surface area contributed by atoms with Gasteiger partial charge in [0.1, 0.15) is 17.8 Å². The molecular formula is C28H27N3O3S. The Balaban J connectivity index is 0.000000327. The van der Waals surface area contributed by atoms with Gasteiger partial charge in [-0.1, -0.05) is 60.3 Å². The predicted molar refractivity (Wildman–Crippen MR) is 148 cm³/mol. The van der Waals surface area contributed by atoms with Crippen molar-refractivity contribution in [3.63, 3.8) is 0 Å². The van der Waals surface area contributed by atoms with Gasteiger partial charge in [-0.3, -0.25) is 4.79 Å². The topological polar surface area (TPSA) is 94.3 Å². The molecule has 178 valence electrons. The maximum Gasteiger partial charge on any atom is 0.150 e. The highest BCUT2D eigenvalue weighted by molar-refractivity contribution is 8.13. The van der Waals surface area contributed by atoms with Crippen molar-refractivity contribution in [3.8, 4) is 33.8 Å². The molecule has 0 saturated heterocycles. The summed E-state index contributed by atoms with van der Waals surface area (Å²) in [6.07, 6.45) is 0.797. The van der Waals surface area contributed by atoms with Crippen LogP contribution in [0, 0.1) is 0 Å². The van der Waals surface area contributed by atoms with E-state index in [1.54, 1.807) is 48.2 Å². The number of thioether (sulfide) groups is 1. The smallest absolute Gasteiger partial charge is 0.150 e. The van der Waals surface area contributed by atoms with Crippen LogP contribution in [0.2, 0.25) is 0 Å². The van der Waals surface area contributed by atoms with Gasteiger partial charge >= 0.3 is 0 Å². The summed E-state index contributed by atoms with van der Waals surface area (Å²) in [5.74, 6) is 1.26. The number of carbonyl (C=O) groups is 1. The normalized spacial score (nSPS) is 11.0. The van der Waals surface area contributed by atoms with Gasteiger partial charge in [0.25, 0.3) is 0 Å². The fourth-order valence-electron chi connectivity index (χ4n) is 3.56. The monoisotopic (exact) mass is 485 g/mol. The van der Waals surface area contributed by atoms with Crippen LogP contribution in [0.4, 0.5) is 0 Å². The van der Waals surface area contributed by atoms with Crippen LogP contribution in [0.25, 0.3) is 33.0 Å². The van der Waals surface area contributed by atoms with Crippen molar-refractivity contribution < 1.29 is 15.0 Å². The Kier molecular flexibility index (Phi) is 9.17. The Hall–Kier alpha value is -3.94. The van der Waals surface area contributed by atoms with Crippen LogP contribution in [0.3, 0.4) is 0 Å². The number of carbonyl (C=O) groups excluding carboxylic acids is 1. The number of hydrogen-bond donors (Lipinski definition) is 3. The predicted octanol–water partition coefficient (Wildman–Crippen LogP) is 6.33. The van der Waals surface area contributed by atoms with Crippen molar-refractivity contribution in [2.24, 2.45) is 10.2 Å². The van der Waals surface area contributed by atoms with Crippen LogP contribution in [0.15, 0.2) is 89.1 Å². The molecule has 0 saturated carbocycles. The number of aromatic hydroxyl groups is 2. The lowest BCUT2D eigenvalue weighted by Crippen LogP contribution is -2.05. The number of aldehydes is 1. The van der Waals surface area contributed by atoms with Gasteiger partial charge in [-0.2, -0.15) is 5.10 Å². The number of benzene rings is 4. The summed E-state index contributed by atoms with van der Waals surface area (Å²) in [4.78, 5) is 11.1. The van der Waals surface area contributed by atoms with E-state index in [1.807, 2.05) is 56.4 Å². The minimum Gasteiger partial charge on any atom is -0.508 e. The Morgan fingerprint density at radius 3 is 2.43 bits per heavy atom. The number of hydrogen-bond acceptors (Lipinski definition) is 7. The first-order chi connectivity index (χ1) is 17.0. The van der Waals surface area contributed by atoms with Crippen LogP contribution in [0.5, 0.6) is 11.5 Å². The molecule has 35 heavy (non-hydrogen) atoms. The Morgan fingerprint density at radius 1 is 0.971 bits per heavy atom. The molecule has 0 aliphatic heterocycles. The fraction of sp³-hybridized carbons (Fsp3) is 0.107. The van der Waals surface area contributed by atoms with Crippen molar-refractivity contribution in [2.45, 2.75) is 6.92 Å². The first-order valence-electron chi connectivity index (χ1n) is 10.8. The zero-order chi connectivity index (χ0) is 25.2. The minimum absolute atomic E-state index is 0.172. The molecule has 4 aromatic rings. The second-order valence-corrected chi connectivity index (χ2v) is 8.76. The highest BCUT2D eigenvalue weighted by atomic mass is 32.2. The summed E-state index contributed by atoms with van der Waals surface area (Å²) in [5, 5.41) is 33.0. The van der Waals surface area contributed by atoms with Crippen LogP contribution < -0.4 is 5.32 Å². The third kappa shape index (κ3) is 6.79. The number of phenolic OH excluding ortho intramolecular Hbond substituents is 2. The van der Waals surface area contributed by atoms with Crippen LogP contribution in [-0.2, 0) is 0 Å². The highest BCUT2D eigenvalue weighted by Gasteiger charge is 2.11. The lowest BCUT2D eigenvalue weighted by atomic mass is 9.94. The van der Waals surface area contributed by atoms with E-state index in [2.05, 4.69) is 22.2 Å². The zero-order valence-corrected chi connectivity index (χ0v) is 20.4. The molecule has 0 aromatic heterocycles. The summed E-state index contributed by atoms with van der Waals surface area (Å²) in [6.45, 7) is 5.14. The lowest BCUT2D eigenvalue weighted by Gasteiger charge is -2.12. The van der Waals surface area contributed by atoms with Crippen LogP contribution in [-0.4, -0.2) is 41.2 Å². The molecule has 0 radical (unpaired) electrons. The van der Waals surface area contributed by atoms with Gasteiger partial charge in [-0.05, 0) is 71.8 Å². The molecule has 0 aliphatic rings. The number of rotatable bonds is 6. The van der Waals surface area contributed by atoms with Gasteiger partial charge < -0.3 is 15.5 Å². The van der Waals surface area contributed by atoms with Gasteiger partial charge in [0.15, 0.2) is 0 Å². The third-order valence-electron chi connectivity index (χ3n) is 5.13. The Morgan fingerprint density at radius 2 is 1.71 bits per heavy atom. The van der Waals surface area contributed by atoms with Gasteiger partial charge in [-0.25, -0.2) is 0 Å². The molecule has 0 bridgehead atoms. The van der Waals surface area contributed by atoms with E-state index < -0.39 is 0 Å². The summed E-state index contributed by atoms with van der Waals surface area (Å²) in [6, 6.07) is 23.8. The second-order valence-electron chi connectivity index (χ2n) is 7.59. The molecule has 0 heterocycles. The molecule has 0 spiro atoms. The number of nitrogens with one attached hydrogen (secondary N) is 1. The minimum atomic E-state index is 0.172. The van der Waals surface area contributed by atoms with E-state index in [0.29, 0.717) is 11.1 Å². The molecule has 0 fully saturated rings. The third-order valence-corrected chi connectivity index (χ3v) is 6.06. The van der Waals surface area contributed by atoms with E-state index in [0.717, 1.165) is 44.7 Å². The first-order valence-corrected chi connectivity index (χ1v) is 11.8. The van der Waals surface area contributed by atoms with Crippen molar-refractivity contribution in [3.05, 3.63) is 84.4 Å². The molecular weight excluding hydrogens is 458 g/mol. The fourth-order valence-corrected chi connectivity index (χ4v) is 4.03. The van der Waals surface area contributed by atoms with Gasteiger partial charge in [0.2, 0.25) is 0 Å². The van der Waals surface area contributed by atoms with Crippen LogP contribution >= 0.6 is 11.8 Å². The molecule has 4 aromatic carbocycles. The highest BCUT2D eigenvalue weighted by Crippen LogP contribution is 2.38. The molecule has 6 nitrogen and oxygen atoms in total. The van der Waals surface area contributed by atoms with Gasteiger partial charge in [0.05, 0.1) is 5.04 Å². The summed E-state index contributed by atoms with van der Waals surface area (Å²) in [7, 11) is 1.89. The molecule has 0 unspecified atom stereocenters. The van der Waals surface area contributed by atoms with E-state index in [4.69, 9.17) is 0 Å². The summed E-state index contributed by atoms with van der Waals surface area (Å²) in [5.41, 5.74) is 3.96. The Labute approximate surface area is 209 Å². The molecule has 0 amide bonds. The maximum absolute atomic E-state index is 11.1. The SMILES string of the molecule is C=N/N=C(/C)SCNC.O=Cc1cccc(-c2c(O)ccc3cc(-c4cccc(O)c4)ccc23)c1. The molecule has 4 rings (SSSR count). The number of phenols is 2. The largest absolute Gasteiger partial charge is 0.508 e. The van der Waals surface area contributed by atoms with Crippen molar-refractivity contribution in [2.75, 3.05) is 12.9 Å². The zero-order valence-electron chi connectivity index (χ0n) is 19.6. The van der Waals surface area contributed by atoms with Gasteiger partial charge in [-0.15, -0.1) is 5.10 Å². The van der Waals surface area contributed by atoms with E-state index in [9.17, 15) is 15.0 Å². The average molecular weight is 486 g/mol. The standard InChI is InChI=1S/C23H16O3.C5H11N3S/c24-14-15-3-1-5-19(11-15)23-21-9-7-17(12-18(21)8-10-22(23)26)16-4-2-6-20(25)13-16;1-5(8-7-3)9-4-6-2/h1-14,25-26H;6H,3-4H2,1-2H3/b;8-5-. The first kappa shape index (κ1) is 25.7. The Bertz CT molecular complexity index is 1370. The van der Waals surface area contributed by atoms with Crippen LogP contribution in [0.1, 0.15) is 17.3 Å². The summed E-state index contributed by atoms with van der Waals surface area (Å²) >= 11 is 1.61.